The van der Waals surface area contributed by atoms with Crippen molar-refractivity contribution in [2.45, 2.75) is 26.8 Å². The van der Waals surface area contributed by atoms with E-state index >= 15 is 0 Å². The van der Waals surface area contributed by atoms with Crippen LogP contribution in [0.5, 0.6) is 0 Å². The molecule has 25 heavy (non-hydrogen) atoms. The summed E-state index contributed by atoms with van der Waals surface area (Å²) in [6.45, 7) is 5.75. The number of aromatic amines is 1. The molecular formula is C19H25N5S. The second kappa shape index (κ2) is 7.70. The highest BCUT2D eigenvalue weighted by atomic mass is 32.1. The van der Waals surface area contributed by atoms with Gasteiger partial charge in [0.15, 0.2) is 5.96 Å². The van der Waals surface area contributed by atoms with Crippen LogP contribution in [-0.4, -0.2) is 41.5 Å². The topological polar surface area (TPSA) is 56.3 Å². The lowest BCUT2D eigenvalue weighted by Gasteiger charge is -2.21. The third-order valence-corrected chi connectivity index (χ3v) is 5.06. The Hall–Kier alpha value is -2.34. The average Bonchev–Trinajstić information content (AvgIpc) is 3.17. The molecule has 2 aromatic heterocycles. The molecule has 1 aromatic carbocycles. The molecule has 3 rings (SSSR count). The molecule has 0 fully saturated rings. The van der Waals surface area contributed by atoms with Gasteiger partial charge in [0.25, 0.3) is 0 Å². The summed E-state index contributed by atoms with van der Waals surface area (Å²) in [4.78, 5) is 14.4. The average molecular weight is 356 g/mol. The van der Waals surface area contributed by atoms with Gasteiger partial charge in [-0.3, -0.25) is 4.99 Å². The molecule has 0 saturated carbocycles. The summed E-state index contributed by atoms with van der Waals surface area (Å²) in [5.74, 6) is 0.890. The molecular weight excluding hydrogens is 330 g/mol. The van der Waals surface area contributed by atoms with E-state index in [2.05, 4.69) is 61.9 Å². The number of hydrogen-bond donors (Lipinski definition) is 2. The van der Waals surface area contributed by atoms with Gasteiger partial charge in [0.05, 0.1) is 17.2 Å². The highest BCUT2D eigenvalue weighted by Crippen LogP contribution is 2.19. The second-order valence-corrected chi connectivity index (χ2v) is 7.36. The summed E-state index contributed by atoms with van der Waals surface area (Å²) < 4.78 is 0. The molecule has 2 heterocycles. The Kier molecular flexibility index (Phi) is 5.38. The fourth-order valence-corrected chi connectivity index (χ4v) is 3.60. The summed E-state index contributed by atoms with van der Waals surface area (Å²) in [5.41, 5.74) is 4.89. The van der Waals surface area contributed by atoms with Crippen molar-refractivity contribution in [3.05, 3.63) is 51.6 Å². The summed E-state index contributed by atoms with van der Waals surface area (Å²) in [6, 6.07) is 6.55. The van der Waals surface area contributed by atoms with Gasteiger partial charge in [-0.25, -0.2) is 4.98 Å². The molecule has 0 radical (unpaired) electrons. The van der Waals surface area contributed by atoms with Crippen LogP contribution in [0, 0.1) is 13.8 Å². The van der Waals surface area contributed by atoms with Gasteiger partial charge in [0, 0.05) is 43.1 Å². The van der Waals surface area contributed by atoms with Crippen molar-refractivity contribution in [2.75, 3.05) is 20.6 Å². The number of nitrogens with one attached hydrogen (secondary N) is 2. The van der Waals surface area contributed by atoms with Crippen LogP contribution < -0.4 is 5.32 Å². The van der Waals surface area contributed by atoms with E-state index in [1.54, 1.807) is 11.3 Å². The summed E-state index contributed by atoms with van der Waals surface area (Å²) in [5, 5.41) is 7.95. The number of fused-ring (bicyclic) bond motifs is 1. The zero-order valence-corrected chi connectivity index (χ0v) is 16.1. The Bertz CT molecular complexity index is 877. The molecule has 2 N–H and O–H groups in total. The molecule has 0 aliphatic carbocycles. The van der Waals surface area contributed by atoms with E-state index in [1.165, 1.54) is 22.0 Å². The Morgan fingerprint density at radius 2 is 2.20 bits per heavy atom. The van der Waals surface area contributed by atoms with Crippen molar-refractivity contribution >= 4 is 28.2 Å². The van der Waals surface area contributed by atoms with Crippen LogP contribution in [0.2, 0.25) is 0 Å². The minimum absolute atomic E-state index is 0.760. The van der Waals surface area contributed by atoms with E-state index in [-0.39, 0.29) is 0 Å². The molecule has 132 valence electrons. The molecule has 0 saturated heterocycles. The van der Waals surface area contributed by atoms with Gasteiger partial charge in [-0.2, -0.15) is 0 Å². The van der Waals surface area contributed by atoms with Gasteiger partial charge >= 0.3 is 0 Å². The Morgan fingerprint density at radius 3 is 2.92 bits per heavy atom. The molecule has 0 aliphatic heterocycles. The van der Waals surface area contributed by atoms with Gasteiger partial charge in [-0.1, -0.05) is 12.1 Å². The van der Waals surface area contributed by atoms with Crippen LogP contribution in [0.1, 0.15) is 21.8 Å². The van der Waals surface area contributed by atoms with E-state index in [0.29, 0.717) is 0 Å². The summed E-state index contributed by atoms with van der Waals surface area (Å²) >= 11 is 1.68. The maximum atomic E-state index is 4.52. The monoisotopic (exact) mass is 355 g/mol. The first-order chi connectivity index (χ1) is 12.1. The largest absolute Gasteiger partial charge is 0.361 e. The molecule has 0 aliphatic rings. The first-order valence-corrected chi connectivity index (χ1v) is 9.34. The molecule has 0 unspecified atom stereocenters. The van der Waals surface area contributed by atoms with Crippen molar-refractivity contribution in [1.29, 1.82) is 0 Å². The van der Waals surface area contributed by atoms with Crippen LogP contribution in [0.4, 0.5) is 0 Å². The van der Waals surface area contributed by atoms with Crippen molar-refractivity contribution in [3.8, 4) is 0 Å². The van der Waals surface area contributed by atoms with E-state index in [4.69, 9.17) is 0 Å². The zero-order valence-electron chi connectivity index (χ0n) is 15.3. The van der Waals surface area contributed by atoms with E-state index < -0.39 is 0 Å². The van der Waals surface area contributed by atoms with Gasteiger partial charge in [-0.05, 0) is 37.5 Å². The van der Waals surface area contributed by atoms with Gasteiger partial charge in [0.2, 0.25) is 0 Å². The van der Waals surface area contributed by atoms with Crippen LogP contribution >= 0.6 is 11.3 Å². The van der Waals surface area contributed by atoms with Gasteiger partial charge in [-0.15, -0.1) is 11.3 Å². The smallest absolute Gasteiger partial charge is 0.193 e. The molecule has 6 heteroatoms. The number of guanidine groups is 1. The van der Waals surface area contributed by atoms with Crippen LogP contribution in [-0.2, 0) is 13.0 Å². The highest BCUT2D eigenvalue weighted by molar-refractivity contribution is 7.09. The Morgan fingerprint density at radius 1 is 1.36 bits per heavy atom. The van der Waals surface area contributed by atoms with E-state index in [0.717, 1.165) is 36.2 Å². The van der Waals surface area contributed by atoms with Crippen LogP contribution in [0.3, 0.4) is 0 Å². The van der Waals surface area contributed by atoms with Crippen LogP contribution in [0.25, 0.3) is 10.9 Å². The number of rotatable bonds is 5. The zero-order chi connectivity index (χ0) is 17.8. The van der Waals surface area contributed by atoms with Crippen molar-refractivity contribution in [2.24, 2.45) is 4.99 Å². The second-order valence-electron chi connectivity index (χ2n) is 6.30. The molecule has 0 bridgehead atoms. The first kappa shape index (κ1) is 17.5. The molecule has 0 amide bonds. The van der Waals surface area contributed by atoms with E-state index in [1.807, 2.05) is 21.0 Å². The Labute approximate surface area is 152 Å². The fraction of sp³-hybridized carbons (Fsp3) is 0.368. The first-order valence-electron chi connectivity index (χ1n) is 8.46. The predicted octanol–water partition coefficient (Wildman–Crippen LogP) is 3.49. The maximum Gasteiger partial charge on any atom is 0.193 e. The minimum atomic E-state index is 0.760. The normalized spacial score (nSPS) is 11.9. The Balaban J connectivity index is 1.57. The molecule has 0 atom stereocenters. The third kappa shape index (κ3) is 4.20. The van der Waals surface area contributed by atoms with Crippen LogP contribution in [0.15, 0.2) is 34.8 Å². The lowest BCUT2D eigenvalue weighted by molar-refractivity contribution is 0.471. The number of H-pyrrole nitrogens is 1. The number of thiazole rings is 1. The summed E-state index contributed by atoms with van der Waals surface area (Å²) in [7, 11) is 3.86. The van der Waals surface area contributed by atoms with Crippen molar-refractivity contribution < 1.29 is 0 Å². The number of aliphatic imine (C=N–C) groups is 1. The molecule has 0 spiro atoms. The number of aryl methyl sites for hydroxylation is 2. The molecule has 5 nitrogen and oxygen atoms in total. The minimum Gasteiger partial charge on any atom is -0.361 e. The fourth-order valence-electron chi connectivity index (χ4n) is 3.00. The number of benzene rings is 1. The third-order valence-electron chi connectivity index (χ3n) is 4.24. The molecule has 3 aromatic rings. The van der Waals surface area contributed by atoms with Gasteiger partial charge < -0.3 is 15.2 Å². The number of hydrogen-bond acceptors (Lipinski definition) is 3. The number of nitrogens with zero attached hydrogens (tertiary/aromatic N) is 3. The summed E-state index contributed by atoms with van der Waals surface area (Å²) in [6.07, 6.45) is 3.06. The lowest BCUT2D eigenvalue weighted by atomic mass is 10.1. The van der Waals surface area contributed by atoms with Crippen molar-refractivity contribution in [1.82, 2.24) is 20.2 Å². The number of aromatic nitrogens is 2. The predicted molar refractivity (Wildman–Crippen MR) is 106 cm³/mol. The lowest BCUT2D eigenvalue weighted by Crippen LogP contribution is -2.39. The van der Waals surface area contributed by atoms with Gasteiger partial charge in [0.1, 0.15) is 0 Å². The maximum absolute atomic E-state index is 4.52. The SMILES string of the molecule is CN=C(NCCc1c[nH]c2cc(C)ccc12)N(C)Cc1csc(C)n1. The highest BCUT2D eigenvalue weighted by Gasteiger charge is 2.09. The quantitative estimate of drug-likeness (QED) is 0.544. The standard InChI is InChI=1S/C19H25N5S/c1-13-5-6-17-15(10-22-18(17)9-13)7-8-21-19(20-3)24(4)11-16-12-25-14(2)23-16/h5-6,9-10,12,22H,7-8,11H2,1-4H3,(H,20,21). The van der Waals surface area contributed by atoms with Crippen molar-refractivity contribution in [3.63, 3.8) is 0 Å². The van der Waals surface area contributed by atoms with E-state index in [9.17, 15) is 0 Å².